The summed E-state index contributed by atoms with van der Waals surface area (Å²) < 4.78 is 40.3. The van der Waals surface area contributed by atoms with E-state index in [2.05, 4.69) is 15.4 Å². The third-order valence-corrected chi connectivity index (χ3v) is 3.78. The fraction of sp³-hybridized carbons (Fsp3) is 0.0556. The van der Waals surface area contributed by atoms with Crippen LogP contribution < -0.4 is 5.32 Å². The van der Waals surface area contributed by atoms with Crippen LogP contribution >= 0.6 is 0 Å². The minimum absolute atomic E-state index is 0.104. The van der Waals surface area contributed by atoms with Gasteiger partial charge in [-0.15, -0.1) is 0 Å². The minimum atomic E-state index is -4.59. The van der Waals surface area contributed by atoms with E-state index in [4.69, 9.17) is 0 Å². The molecule has 0 spiro atoms. The molecule has 3 aromatic rings. The Hall–Kier alpha value is -4.02. The SMILES string of the molecule is O=C(/C=C/c1ccc([N+](=O)[O-])cc1)Nc1cc(C(F)(F)F)ccc1-n1cncn1. The van der Waals surface area contributed by atoms with Crippen molar-refractivity contribution in [2.45, 2.75) is 6.18 Å². The summed E-state index contributed by atoms with van der Waals surface area (Å²) >= 11 is 0. The molecule has 1 heterocycles. The molecule has 0 saturated carbocycles. The Bertz CT molecular complexity index is 1060. The highest BCUT2D eigenvalue weighted by Crippen LogP contribution is 2.33. The highest BCUT2D eigenvalue weighted by Gasteiger charge is 2.31. The van der Waals surface area contributed by atoms with Gasteiger partial charge in [-0.25, -0.2) is 9.67 Å². The van der Waals surface area contributed by atoms with Crippen LogP contribution in [0.25, 0.3) is 11.8 Å². The van der Waals surface area contributed by atoms with Crippen molar-refractivity contribution >= 4 is 23.4 Å². The van der Waals surface area contributed by atoms with Crippen molar-refractivity contribution in [1.82, 2.24) is 14.8 Å². The number of carbonyl (C=O) groups is 1. The topological polar surface area (TPSA) is 103 Å². The third-order valence-electron chi connectivity index (χ3n) is 3.78. The monoisotopic (exact) mass is 403 g/mol. The fourth-order valence-electron chi connectivity index (χ4n) is 2.40. The average molecular weight is 403 g/mol. The van der Waals surface area contributed by atoms with E-state index in [1.54, 1.807) is 0 Å². The summed E-state index contributed by atoms with van der Waals surface area (Å²) in [6, 6.07) is 8.27. The van der Waals surface area contributed by atoms with Crippen LogP contribution in [0.4, 0.5) is 24.5 Å². The Kier molecular flexibility index (Phi) is 5.39. The largest absolute Gasteiger partial charge is 0.416 e. The minimum Gasteiger partial charge on any atom is -0.321 e. The lowest BCUT2D eigenvalue weighted by Crippen LogP contribution is -2.13. The van der Waals surface area contributed by atoms with Crippen molar-refractivity contribution in [3.8, 4) is 5.69 Å². The van der Waals surface area contributed by atoms with Crippen molar-refractivity contribution in [2.75, 3.05) is 5.32 Å². The number of anilines is 1. The molecule has 0 aliphatic heterocycles. The number of carbonyl (C=O) groups excluding carboxylic acids is 1. The zero-order valence-electron chi connectivity index (χ0n) is 14.5. The van der Waals surface area contributed by atoms with Gasteiger partial charge in [-0.05, 0) is 42.0 Å². The maximum absolute atomic E-state index is 13.0. The number of halogens is 3. The molecule has 0 unspecified atom stereocenters. The molecule has 1 amide bonds. The molecule has 3 rings (SSSR count). The fourth-order valence-corrected chi connectivity index (χ4v) is 2.40. The van der Waals surface area contributed by atoms with Gasteiger partial charge in [0.1, 0.15) is 12.7 Å². The number of hydrogen-bond donors (Lipinski definition) is 1. The number of nitrogens with zero attached hydrogens (tertiary/aromatic N) is 4. The van der Waals surface area contributed by atoms with Crippen molar-refractivity contribution in [3.63, 3.8) is 0 Å². The summed E-state index contributed by atoms with van der Waals surface area (Å²) in [5, 5.41) is 16.9. The number of non-ortho nitro benzene ring substituents is 1. The van der Waals surface area contributed by atoms with Crippen LogP contribution in [-0.4, -0.2) is 25.6 Å². The van der Waals surface area contributed by atoms with Crippen LogP contribution in [0.2, 0.25) is 0 Å². The molecule has 0 radical (unpaired) electrons. The first-order valence-electron chi connectivity index (χ1n) is 8.04. The van der Waals surface area contributed by atoms with Crippen LogP contribution in [0, 0.1) is 10.1 Å². The molecule has 0 bridgehead atoms. The molecule has 29 heavy (non-hydrogen) atoms. The number of hydrogen-bond acceptors (Lipinski definition) is 5. The second-order valence-electron chi connectivity index (χ2n) is 5.74. The smallest absolute Gasteiger partial charge is 0.321 e. The van der Waals surface area contributed by atoms with Crippen LogP contribution in [0.5, 0.6) is 0 Å². The molecule has 11 heteroatoms. The zero-order chi connectivity index (χ0) is 21.0. The van der Waals surface area contributed by atoms with Gasteiger partial charge in [0.25, 0.3) is 5.69 Å². The lowest BCUT2D eigenvalue weighted by atomic mass is 10.1. The molecule has 0 fully saturated rings. The summed E-state index contributed by atoms with van der Waals surface area (Å²) in [5.41, 5.74) is -0.438. The van der Waals surface area contributed by atoms with Crippen molar-refractivity contribution in [3.05, 3.63) is 82.4 Å². The van der Waals surface area contributed by atoms with E-state index < -0.39 is 22.6 Å². The molecular weight excluding hydrogens is 391 g/mol. The molecule has 0 aliphatic carbocycles. The first kappa shape index (κ1) is 19.7. The first-order chi connectivity index (χ1) is 13.7. The van der Waals surface area contributed by atoms with E-state index in [0.717, 1.165) is 18.2 Å². The number of nitrogens with one attached hydrogen (secondary N) is 1. The highest BCUT2D eigenvalue weighted by atomic mass is 19.4. The molecule has 8 nitrogen and oxygen atoms in total. The summed E-state index contributed by atoms with van der Waals surface area (Å²) in [5.74, 6) is -0.691. The van der Waals surface area contributed by atoms with E-state index in [9.17, 15) is 28.1 Å². The Morgan fingerprint density at radius 3 is 2.48 bits per heavy atom. The summed E-state index contributed by atoms with van der Waals surface area (Å²) in [6.45, 7) is 0. The lowest BCUT2D eigenvalue weighted by Gasteiger charge is -2.13. The first-order valence-corrected chi connectivity index (χ1v) is 8.04. The number of aromatic nitrogens is 3. The van der Waals surface area contributed by atoms with Crippen LogP contribution in [0.1, 0.15) is 11.1 Å². The van der Waals surface area contributed by atoms with Crippen LogP contribution in [0.3, 0.4) is 0 Å². The van der Waals surface area contributed by atoms with Crippen LogP contribution in [-0.2, 0) is 11.0 Å². The molecule has 1 N–H and O–H groups in total. The molecule has 0 saturated heterocycles. The second kappa shape index (κ2) is 7.92. The summed E-state index contributed by atoms with van der Waals surface area (Å²) in [7, 11) is 0. The van der Waals surface area contributed by atoms with Gasteiger partial charge >= 0.3 is 6.18 Å². The van der Waals surface area contributed by atoms with Gasteiger partial charge in [-0.1, -0.05) is 0 Å². The van der Waals surface area contributed by atoms with Gasteiger partial charge < -0.3 is 5.32 Å². The highest BCUT2D eigenvalue weighted by molar-refractivity contribution is 6.03. The van der Waals surface area contributed by atoms with Gasteiger partial charge in [-0.2, -0.15) is 18.3 Å². The third kappa shape index (κ3) is 4.83. The Balaban J connectivity index is 1.83. The Labute approximate surface area is 161 Å². The molecule has 0 atom stereocenters. The van der Waals surface area contributed by atoms with Crippen LogP contribution in [0.15, 0.2) is 61.2 Å². The number of nitro groups is 1. The summed E-state index contributed by atoms with van der Waals surface area (Å²) in [6.07, 6.45) is 0.381. The standard InChI is InChI=1S/C18H12F3N5O3/c19-18(20,21)13-4-7-16(25-11-22-10-23-25)15(9-13)24-17(27)8-3-12-1-5-14(6-2-12)26(28)29/h1-11H,(H,24,27)/b8-3+. The van der Waals surface area contributed by atoms with Gasteiger partial charge in [0, 0.05) is 18.2 Å². The molecule has 148 valence electrons. The maximum atomic E-state index is 13.0. The summed E-state index contributed by atoms with van der Waals surface area (Å²) in [4.78, 5) is 26.0. The number of nitro benzene ring substituents is 1. The van der Waals surface area contributed by atoms with Gasteiger partial charge in [0.15, 0.2) is 0 Å². The van der Waals surface area contributed by atoms with Gasteiger partial charge in [-0.3, -0.25) is 14.9 Å². The molecular formula is C18H12F3N5O3. The lowest BCUT2D eigenvalue weighted by molar-refractivity contribution is -0.384. The van der Waals surface area contributed by atoms with Crippen molar-refractivity contribution in [2.24, 2.45) is 0 Å². The van der Waals surface area contributed by atoms with E-state index in [-0.39, 0.29) is 17.1 Å². The van der Waals surface area contributed by atoms with Crippen molar-refractivity contribution < 1.29 is 22.9 Å². The number of benzene rings is 2. The predicted molar refractivity (Wildman–Crippen MR) is 97.1 cm³/mol. The normalized spacial score (nSPS) is 11.6. The van der Waals surface area contributed by atoms with E-state index in [0.29, 0.717) is 5.56 Å². The molecule has 1 aromatic heterocycles. The van der Waals surface area contributed by atoms with E-state index >= 15 is 0 Å². The number of amides is 1. The zero-order valence-corrected chi connectivity index (χ0v) is 14.5. The number of rotatable bonds is 5. The predicted octanol–water partition coefficient (Wildman–Crippen LogP) is 3.85. The maximum Gasteiger partial charge on any atom is 0.416 e. The average Bonchev–Trinajstić information content (AvgIpc) is 3.20. The molecule has 2 aromatic carbocycles. The van der Waals surface area contributed by atoms with E-state index in [1.807, 2.05) is 0 Å². The Morgan fingerprint density at radius 1 is 1.17 bits per heavy atom. The Morgan fingerprint density at radius 2 is 1.90 bits per heavy atom. The second-order valence-corrected chi connectivity index (χ2v) is 5.74. The van der Waals surface area contributed by atoms with Gasteiger partial charge in [0.05, 0.1) is 21.9 Å². The van der Waals surface area contributed by atoms with Gasteiger partial charge in [0.2, 0.25) is 5.91 Å². The molecule has 0 aliphatic rings. The van der Waals surface area contributed by atoms with Crippen molar-refractivity contribution in [1.29, 1.82) is 0 Å². The number of alkyl halides is 3. The quantitative estimate of drug-likeness (QED) is 0.396. The van der Waals surface area contributed by atoms with E-state index in [1.165, 1.54) is 53.7 Å².